The van der Waals surface area contributed by atoms with E-state index >= 15 is 0 Å². The molecule has 0 N–H and O–H groups in total. The summed E-state index contributed by atoms with van der Waals surface area (Å²) in [5, 5.41) is 0. The number of benzene rings is 8. The second-order valence-electron chi connectivity index (χ2n) is 24.1. The Hall–Kier alpha value is -6.00. The van der Waals surface area contributed by atoms with Crippen LogP contribution in [0.4, 0.5) is 0 Å². The number of hydrogen-bond acceptors (Lipinski definition) is 0. The van der Waals surface area contributed by atoms with Gasteiger partial charge < -0.3 is 0 Å². The standard InChI is InChI=1S/C80H64Cl8/c81-49-65-17-1-57(2-18-65)33-41-73-74(42-34-58-3-19-66(50-82)20-4-58)77(45-37-61-9-25-69(53-85)26-10-61)75(73,43-35-59-5-21-67(51-83)22-6-59)79(47-39-63-13-29-71(55-87)30-14-63)76(73,44-36-60-7-23-68(52-84)24-8-60)78(74,46-38-62-11-27-70(54-86)28-12-62)80(77,79)48-40-64-15-31-72(56-88)32-16-64/h1-48H,49-56H2/b41-33+,42-34+,43-35+,44-36+,45-37+,46-38+,47-39+,48-40+. The average molecular weight is 1310 g/mol. The molecule has 0 saturated heterocycles. The zero-order valence-corrected chi connectivity index (χ0v) is 54.4. The summed E-state index contributed by atoms with van der Waals surface area (Å²) in [6.07, 6.45) is 40.2. The zero-order chi connectivity index (χ0) is 60.8. The van der Waals surface area contributed by atoms with Crippen LogP contribution in [0.3, 0.4) is 0 Å². The third kappa shape index (κ3) is 8.25. The summed E-state index contributed by atoms with van der Waals surface area (Å²) in [5.74, 6) is 3.41. The van der Waals surface area contributed by atoms with Gasteiger partial charge in [0.15, 0.2) is 0 Å². The van der Waals surface area contributed by atoms with Gasteiger partial charge in [0.1, 0.15) is 0 Å². The fourth-order valence-corrected chi connectivity index (χ4v) is 19.2. The van der Waals surface area contributed by atoms with E-state index in [4.69, 9.17) is 92.8 Å². The molecule has 0 bridgehead atoms. The van der Waals surface area contributed by atoms with Crippen LogP contribution in [0.15, 0.2) is 243 Å². The summed E-state index contributed by atoms with van der Waals surface area (Å²) >= 11 is 52.0. The maximum absolute atomic E-state index is 6.49. The van der Waals surface area contributed by atoms with Crippen LogP contribution < -0.4 is 0 Å². The second-order valence-corrected chi connectivity index (χ2v) is 26.3. The van der Waals surface area contributed by atoms with E-state index in [1.165, 1.54) is 0 Å². The molecule has 14 rings (SSSR count). The van der Waals surface area contributed by atoms with Crippen molar-refractivity contribution in [1.29, 1.82) is 0 Å². The van der Waals surface area contributed by atoms with E-state index < -0.39 is 43.3 Å². The Balaban J connectivity index is 1.20. The van der Waals surface area contributed by atoms with E-state index in [9.17, 15) is 0 Å². The van der Waals surface area contributed by atoms with Crippen LogP contribution in [0.1, 0.15) is 89.0 Å². The van der Waals surface area contributed by atoms with Gasteiger partial charge >= 0.3 is 0 Å². The van der Waals surface area contributed by atoms with Crippen molar-refractivity contribution >= 4 is 141 Å². The van der Waals surface area contributed by atoms with Crippen LogP contribution >= 0.6 is 92.8 Å². The number of halogens is 8. The van der Waals surface area contributed by atoms with Gasteiger partial charge in [0.2, 0.25) is 0 Å². The molecule has 6 saturated carbocycles. The Labute approximate surface area is 558 Å². The lowest BCUT2D eigenvalue weighted by Crippen LogP contribution is -3.30. The highest BCUT2D eigenvalue weighted by Gasteiger charge is 3.34. The van der Waals surface area contributed by atoms with E-state index in [-0.39, 0.29) is 0 Å². The Morgan fingerprint density at radius 3 is 0.330 bits per heavy atom. The molecule has 0 amide bonds. The highest BCUT2D eigenvalue weighted by atomic mass is 35.5. The fraction of sp³-hybridized carbons (Fsp3) is 0.200. The van der Waals surface area contributed by atoms with Crippen molar-refractivity contribution in [2.45, 2.75) is 47.0 Å². The van der Waals surface area contributed by atoms with Gasteiger partial charge in [0.05, 0.1) is 0 Å². The number of hydrogen-bond donors (Lipinski definition) is 0. The van der Waals surface area contributed by atoms with Crippen molar-refractivity contribution in [3.63, 3.8) is 0 Å². The molecule has 0 radical (unpaired) electrons. The van der Waals surface area contributed by atoms with Gasteiger partial charge in [-0.05, 0) is 89.0 Å². The molecule has 0 nitrogen and oxygen atoms in total. The van der Waals surface area contributed by atoms with Gasteiger partial charge in [-0.3, -0.25) is 0 Å². The molecule has 6 aliphatic rings. The maximum atomic E-state index is 6.49. The highest BCUT2D eigenvalue weighted by Crippen LogP contribution is 3.35. The van der Waals surface area contributed by atoms with E-state index in [1.807, 2.05) is 0 Å². The fourth-order valence-electron chi connectivity index (χ4n) is 17.8. The normalized spacial score (nSPS) is 27.9. The van der Waals surface area contributed by atoms with E-state index in [0.717, 1.165) is 89.0 Å². The van der Waals surface area contributed by atoms with E-state index in [0.29, 0.717) is 47.0 Å². The third-order valence-electron chi connectivity index (χ3n) is 20.7. The van der Waals surface area contributed by atoms with Gasteiger partial charge in [-0.1, -0.05) is 291 Å². The first-order valence-corrected chi connectivity index (χ1v) is 34.1. The lowest BCUT2D eigenvalue weighted by Gasteiger charge is -3.30. The highest BCUT2D eigenvalue weighted by molar-refractivity contribution is 6.19. The maximum Gasteiger partial charge on any atom is 0.0474 e. The molecule has 0 aromatic heterocycles. The summed E-state index contributed by atoms with van der Waals surface area (Å²) < 4.78 is 0. The first kappa shape index (κ1) is 60.9. The summed E-state index contributed by atoms with van der Waals surface area (Å²) in [4.78, 5) is 0. The van der Waals surface area contributed by atoms with E-state index in [2.05, 4.69) is 291 Å². The molecule has 8 aromatic carbocycles. The van der Waals surface area contributed by atoms with Gasteiger partial charge in [-0.25, -0.2) is 0 Å². The quantitative estimate of drug-likeness (QED) is 0.0529. The Morgan fingerprint density at radius 1 is 0.159 bits per heavy atom. The van der Waals surface area contributed by atoms with Crippen LogP contribution in [0, 0.1) is 43.3 Å². The van der Waals surface area contributed by atoms with Gasteiger partial charge in [-0.2, -0.15) is 0 Å². The largest absolute Gasteiger partial charge is 0.122 e. The predicted octanol–water partition coefficient (Wildman–Crippen LogP) is 23.6. The smallest absolute Gasteiger partial charge is 0.0474 e. The molecule has 6 fully saturated rings. The Kier molecular flexibility index (Phi) is 16.8. The van der Waals surface area contributed by atoms with Gasteiger partial charge in [0.25, 0.3) is 0 Å². The van der Waals surface area contributed by atoms with Crippen molar-refractivity contribution in [1.82, 2.24) is 0 Å². The van der Waals surface area contributed by atoms with Crippen molar-refractivity contribution in [3.8, 4) is 0 Å². The minimum atomic E-state index is -0.617. The van der Waals surface area contributed by atoms with Gasteiger partial charge in [0, 0.05) is 90.4 Å². The average Bonchev–Trinajstić information content (AvgIpc) is 0.493. The lowest BCUT2D eigenvalue weighted by atomic mass is 8.70. The molecule has 8 heteroatoms. The number of allylic oxidation sites excluding steroid dienone is 8. The SMILES string of the molecule is ClCc1ccc(/C=C/C23C4(/C=C/c5ccc(CCl)cc5)C5(/C=C/c6ccc(CCl)cc6)C2(/C=C/c2ccc(CCl)cc2)C2(/C=C/c6ccc(CCl)cc6)C3(/C=C/c3ccc(CCl)cc3)C4(/C=C/c3ccc(CCl)cc3)C52/C=C/c2ccc(CCl)cc2)cc1. The molecule has 0 atom stereocenters. The summed E-state index contributed by atoms with van der Waals surface area (Å²) in [6.45, 7) is 0. The van der Waals surface area contributed by atoms with Crippen LogP contribution in [0.25, 0.3) is 48.6 Å². The van der Waals surface area contributed by atoms with Crippen molar-refractivity contribution in [3.05, 3.63) is 332 Å². The van der Waals surface area contributed by atoms with Crippen molar-refractivity contribution in [2.75, 3.05) is 0 Å². The molecule has 0 spiro atoms. The summed E-state index contributed by atoms with van der Waals surface area (Å²) in [6, 6.07) is 69.6. The van der Waals surface area contributed by atoms with Crippen LogP contribution in [0.5, 0.6) is 0 Å². The Bertz CT molecular complexity index is 3220. The molecule has 8 aromatic rings. The molecule has 88 heavy (non-hydrogen) atoms. The monoisotopic (exact) mass is 1300 g/mol. The molecule has 0 aliphatic heterocycles. The lowest BCUT2D eigenvalue weighted by molar-refractivity contribution is -0.802. The van der Waals surface area contributed by atoms with Crippen molar-refractivity contribution in [2.24, 2.45) is 43.3 Å². The van der Waals surface area contributed by atoms with Crippen LogP contribution in [0.2, 0.25) is 0 Å². The minimum absolute atomic E-state index is 0.427. The van der Waals surface area contributed by atoms with Crippen LogP contribution in [-0.2, 0) is 47.0 Å². The third-order valence-corrected chi connectivity index (χ3v) is 23.2. The summed E-state index contributed by atoms with van der Waals surface area (Å²) in [7, 11) is 0. The predicted molar refractivity (Wildman–Crippen MR) is 380 cm³/mol. The minimum Gasteiger partial charge on any atom is -0.122 e. The molecule has 0 heterocycles. The first-order chi connectivity index (χ1) is 43.1. The number of rotatable bonds is 24. The molecule has 440 valence electrons. The molecule has 6 aliphatic carbocycles. The number of alkyl halides is 8. The second kappa shape index (κ2) is 24.3. The molecular formula is C80H64Cl8. The van der Waals surface area contributed by atoms with Crippen LogP contribution in [-0.4, -0.2) is 0 Å². The zero-order valence-electron chi connectivity index (χ0n) is 48.4. The topological polar surface area (TPSA) is 0 Å². The molecular weight excluding hydrogens is 1240 g/mol. The van der Waals surface area contributed by atoms with Gasteiger partial charge in [-0.15, -0.1) is 92.8 Å². The summed E-state index contributed by atoms with van der Waals surface area (Å²) in [5.41, 5.74) is 12.3. The molecule has 0 unspecified atom stereocenters. The van der Waals surface area contributed by atoms with Crippen molar-refractivity contribution < 1.29 is 0 Å². The Morgan fingerprint density at radius 2 is 0.250 bits per heavy atom. The van der Waals surface area contributed by atoms with E-state index in [1.54, 1.807) is 0 Å². The first-order valence-electron chi connectivity index (χ1n) is 29.8.